The summed E-state index contributed by atoms with van der Waals surface area (Å²) in [5.74, 6) is 0. The van der Waals surface area contributed by atoms with Gasteiger partial charge in [-0.3, -0.25) is 4.98 Å². The van der Waals surface area contributed by atoms with Crippen molar-refractivity contribution in [3.05, 3.63) is 65.5 Å². The highest BCUT2D eigenvalue weighted by atomic mass is 16.4. The number of nitrogens with zero attached hydrogens (tertiary/aromatic N) is 2. The third kappa shape index (κ3) is 2.08. The molecule has 1 aromatic carbocycles. The van der Waals surface area contributed by atoms with E-state index in [1.54, 1.807) is 6.20 Å². The lowest BCUT2D eigenvalue weighted by molar-refractivity contribution is 0.319. The Morgan fingerprint density at radius 1 is 1.19 bits per heavy atom. The van der Waals surface area contributed by atoms with Gasteiger partial charge in [0.25, 0.3) is 0 Å². The molecule has 1 aromatic heterocycles. The van der Waals surface area contributed by atoms with E-state index in [1.165, 1.54) is 0 Å². The van der Waals surface area contributed by atoms with Crippen LogP contribution >= 0.6 is 0 Å². The number of rotatable bonds is 2. The fraction of sp³-hybridized carbons (Fsp3) is 0.0769. The zero-order valence-electron chi connectivity index (χ0n) is 8.96. The molecule has 0 saturated heterocycles. The average Bonchev–Trinajstić information content (AvgIpc) is 2.31. The minimum absolute atomic E-state index is 0.490. The van der Waals surface area contributed by atoms with Crippen molar-refractivity contribution >= 4 is 5.71 Å². The Hall–Kier alpha value is -2.16. The molecule has 0 bridgehead atoms. The topological polar surface area (TPSA) is 45.5 Å². The Morgan fingerprint density at radius 3 is 2.56 bits per heavy atom. The first-order valence-electron chi connectivity index (χ1n) is 5.02. The summed E-state index contributed by atoms with van der Waals surface area (Å²) in [5.41, 5.74) is 3.10. The third-order valence-corrected chi connectivity index (χ3v) is 2.31. The van der Waals surface area contributed by atoms with E-state index >= 15 is 0 Å². The maximum Gasteiger partial charge on any atom is 0.135 e. The number of hydrogen-bond acceptors (Lipinski definition) is 3. The normalized spacial score (nSPS) is 11.4. The van der Waals surface area contributed by atoms with Crippen LogP contribution in [-0.2, 0) is 0 Å². The maximum absolute atomic E-state index is 9.07. The quantitative estimate of drug-likeness (QED) is 0.472. The molecule has 0 aliphatic carbocycles. The number of oxime groups is 1. The highest BCUT2D eigenvalue weighted by Crippen LogP contribution is 2.09. The molecular weight excluding hydrogens is 200 g/mol. The molecule has 0 aliphatic rings. The van der Waals surface area contributed by atoms with Crippen LogP contribution in [0.1, 0.15) is 16.8 Å². The predicted molar refractivity (Wildman–Crippen MR) is 62.8 cm³/mol. The molecule has 1 heterocycles. The number of aryl methyl sites for hydroxylation is 1. The summed E-state index contributed by atoms with van der Waals surface area (Å²) >= 11 is 0. The molecular formula is C13H12N2O. The van der Waals surface area contributed by atoms with Crippen molar-refractivity contribution in [3.63, 3.8) is 0 Å². The van der Waals surface area contributed by atoms with Gasteiger partial charge in [-0.2, -0.15) is 0 Å². The van der Waals surface area contributed by atoms with E-state index in [0.29, 0.717) is 11.4 Å². The molecule has 0 fully saturated rings. The van der Waals surface area contributed by atoms with Crippen LogP contribution < -0.4 is 0 Å². The number of pyridine rings is 1. The summed E-state index contributed by atoms with van der Waals surface area (Å²) in [6.07, 6.45) is 1.71. The molecule has 0 spiro atoms. The molecule has 2 aromatic rings. The molecule has 16 heavy (non-hydrogen) atoms. The summed E-state index contributed by atoms with van der Waals surface area (Å²) in [6.45, 7) is 1.98. The average molecular weight is 212 g/mol. The van der Waals surface area contributed by atoms with Gasteiger partial charge in [0, 0.05) is 11.8 Å². The van der Waals surface area contributed by atoms with Gasteiger partial charge in [-0.05, 0) is 24.6 Å². The molecule has 0 radical (unpaired) electrons. The lowest BCUT2D eigenvalue weighted by Crippen LogP contribution is -2.05. The second-order valence-corrected chi connectivity index (χ2v) is 3.53. The van der Waals surface area contributed by atoms with Gasteiger partial charge in [0.05, 0.1) is 5.69 Å². The van der Waals surface area contributed by atoms with Crippen LogP contribution in [0.25, 0.3) is 0 Å². The first kappa shape index (κ1) is 10.4. The fourth-order valence-corrected chi connectivity index (χ4v) is 1.52. The summed E-state index contributed by atoms with van der Waals surface area (Å²) in [5, 5.41) is 12.4. The van der Waals surface area contributed by atoms with Gasteiger partial charge in [0.1, 0.15) is 5.71 Å². The molecule has 2 rings (SSSR count). The zero-order chi connectivity index (χ0) is 11.4. The minimum atomic E-state index is 0.490. The van der Waals surface area contributed by atoms with Gasteiger partial charge in [-0.1, -0.05) is 35.5 Å². The molecule has 0 saturated carbocycles. The van der Waals surface area contributed by atoms with E-state index in [9.17, 15) is 0 Å². The van der Waals surface area contributed by atoms with Gasteiger partial charge in [0.2, 0.25) is 0 Å². The number of aromatic nitrogens is 1. The van der Waals surface area contributed by atoms with E-state index in [-0.39, 0.29) is 0 Å². The highest BCUT2D eigenvalue weighted by molar-refractivity contribution is 6.11. The van der Waals surface area contributed by atoms with Crippen molar-refractivity contribution in [1.29, 1.82) is 0 Å². The Bertz CT molecular complexity index is 506. The summed E-state index contributed by atoms with van der Waals surface area (Å²) in [6, 6.07) is 13.3. The van der Waals surface area contributed by atoms with E-state index in [0.717, 1.165) is 11.1 Å². The SMILES string of the molecule is Cc1ccnc(C(=NO)c2ccccc2)c1. The summed E-state index contributed by atoms with van der Waals surface area (Å²) in [7, 11) is 0. The predicted octanol–water partition coefficient (Wildman–Crippen LogP) is 2.62. The van der Waals surface area contributed by atoms with Crippen LogP contribution in [0.3, 0.4) is 0 Å². The zero-order valence-corrected chi connectivity index (χ0v) is 8.96. The largest absolute Gasteiger partial charge is 0.410 e. The van der Waals surface area contributed by atoms with Crippen molar-refractivity contribution in [2.24, 2.45) is 5.16 Å². The Labute approximate surface area is 94.1 Å². The Kier molecular flexibility index (Phi) is 2.96. The summed E-state index contributed by atoms with van der Waals surface area (Å²) in [4.78, 5) is 4.20. The van der Waals surface area contributed by atoms with Crippen molar-refractivity contribution in [2.45, 2.75) is 6.92 Å². The second-order valence-electron chi connectivity index (χ2n) is 3.53. The monoisotopic (exact) mass is 212 g/mol. The van der Waals surface area contributed by atoms with Crippen molar-refractivity contribution in [3.8, 4) is 0 Å². The lowest BCUT2D eigenvalue weighted by atomic mass is 10.1. The minimum Gasteiger partial charge on any atom is -0.410 e. The van der Waals surface area contributed by atoms with Gasteiger partial charge >= 0.3 is 0 Å². The molecule has 0 aliphatic heterocycles. The van der Waals surface area contributed by atoms with E-state index in [2.05, 4.69) is 10.1 Å². The van der Waals surface area contributed by atoms with Crippen LogP contribution in [-0.4, -0.2) is 15.9 Å². The number of hydrogen-bond donors (Lipinski definition) is 1. The third-order valence-electron chi connectivity index (χ3n) is 2.31. The van der Waals surface area contributed by atoms with Crippen LogP contribution in [0.5, 0.6) is 0 Å². The maximum atomic E-state index is 9.07. The first-order chi connectivity index (χ1) is 7.81. The molecule has 80 valence electrons. The fourth-order valence-electron chi connectivity index (χ4n) is 1.52. The lowest BCUT2D eigenvalue weighted by Gasteiger charge is -2.04. The molecule has 3 heteroatoms. The van der Waals surface area contributed by atoms with Crippen LogP contribution in [0.4, 0.5) is 0 Å². The van der Waals surface area contributed by atoms with Gasteiger partial charge in [-0.25, -0.2) is 0 Å². The second kappa shape index (κ2) is 4.57. The molecule has 0 atom stereocenters. The highest BCUT2D eigenvalue weighted by Gasteiger charge is 2.08. The van der Waals surface area contributed by atoms with Crippen LogP contribution in [0, 0.1) is 6.92 Å². The first-order valence-corrected chi connectivity index (χ1v) is 5.02. The summed E-state index contributed by atoms with van der Waals surface area (Å²) < 4.78 is 0. The van der Waals surface area contributed by atoms with E-state index in [4.69, 9.17) is 5.21 Å². The van der Waals surface area contributed by atoms with Gasteiger partial charge in [-0.15, -0.1) is 0 Å². The van der Waals surface area contributed by atoms with Crippen molar-refractivity contribution < 1.29 is 5.21 Å². The Morgan fingerprint density at radius 2 is 1.94 bits per heavy atom. The van der Waals surface area contributed by atoms with Gasteiger partial charge < -0.3 is 5.21 Å². The number of benzene rings is 1. The smallest absolute Gasteiger partial charge is 0.135 e. The van der Waals surface area contributed by atoms with Crippen molar-refractivity contribution in [1.82, 2.24) is 4.98 Å². The molecule has 0 unspecified atom stereocenters. The standard InChI is InChI=1S/C13H12N2O/c1-10-7-8-14-12(9-10)13(15-16)11-5-3-2-4-6-11/h2-9,16H,1H3. The van der Waals surface area contributed by atoms with Crippen molar-refractivity contribution in [2.75, 3.05) is 0 Å². The van der Waals surface area contributed by atoms with Crippen LogP contribution in [0.2, 0.25) is 0 Å². The van der Waals surface area contributed by atoms with E-state index < -0.39 is 0 Å². The van der Waals surface area contributed by atoms with Crippen LogP contribution in [0.15, 0.2) is 53.8 Å². The molecule has 1 N–H and O–H groups in total. The van der Waals surface area contributed by atoms with Gasteiger partial charge in [0.15, 0.2) is 0 Å². The molecule has 3 nitrogen and oxygen atoms in total. The molecule has 0 amide bonds. The van der Waals surface area contributed by atoms with E-state index in [1.807, 2.05) is 49.4 Å². The Balaban J connectivity index is 2.46.